The number of carbonyl (C=O) groups excluding carboxylic acids is 1. The smallest absolute Gasteiger partial charge is 0.400 e. The molecule has 1 aromatic rings. The van der Waals surface area contributed by atoms with E-state index in [2.05, 4.69) is 29.6 Å². The average Bonchev–Trinajstić information content (AvgIpc) is 3.05. The molecule has 2 aliphatic rings. The molecule has 2 aliphatic heterocycles. The summed E-state index contributed by atoms with van der Waals surface area (Å²) in [6.07, 6.45) is 3.15. The van der Waals surface area contributed by atoms with E-state index in [0.717, 1.165) is 24.0 Å². The summed E-state index contributed by atoms with van der Waals surface area (Å²) < 4.78 is 12.4. The van der Waals surface area contributed by atoms with Gasteiger partial charge in [0.25, 0.3) is 0 Å². The van der Waals surface area contributed by atoms with Crippen molar-refractivity contribution < 1.29 is 14.1 Å². The Hall–Kier alpha value is -1.24. The number of carbonyl (C=O) groups is 1. The van der Waals surface area contributed by atoms with Crippen molar-refractivity contribution in [1.82, 2.24) is 0 Å². The number of hydrogen-bond acceptors (Lipinski definition) is 5. The lowest BCUT2D eigenvalue weighted by Gasteiger charge is -2.32. The zero-order valence-corrected chi connectivity index (χ0v) is 16.5. The van der Waals surface area contributed by atoms with Gasteiger partial charge in [0.2, 0.25) is 0 Å². The zero-order valence-electron chi connectivity index (χ0n) is 15.6. The van der Waals surface area contributed by atoms with Crippen LogP contribution in [0.5, 0.6) is 0 Å². The number of rotatable bonds is 4. The van der Waals surface area contributed by atoms with E-state index >= 15 is 0 Å². The molecule has 2 heterocycles. The number of hydrogen-bond donors (Lipinski definition) is 1. The minimum atomic E-state index is -0.428. The van der Waals surface area contributed by atoms with Gasteiger partial charge < -0.3 is 14.6 Å². The summed E-state index contributed by atoms with van der Waals surface area (Å²) in [5.41, 5.74) is 3.88. The molecule has 0 atom stereocenters. The molecular formula is C19H26BNO3S. The van der Waals surface area contributed by atoms with Gasteiger partial charge in [-0.2, -0.15) is 0 Å². The predicted octanol–water partition coefficient (Wildman–Crippen LogP) is 3.95. The maximum Gasteiger partial charge on any atom is 0.491 e. The molecule has 1 N–H and O–H groups in total. The lowest BCUT2D eigenvalue weighted by Crippen LogP contribution is -2.41. The second-order valence-electron chi connectivity index (χ2n) is 7.68. The first-order chi connectivity index (χ1) is 11.7. The largest absolute Gasteiger partial charge is 0.491 e. The highest BCUT2D eigenvalue weighted by molar-refractivity contribution is 8.13. The zero-order chi connectivity index (χ0) is 18.2. The minimum absolute atomic E-state index is 0.0978. The fourth-order valence-electron chi connectivity index (χ4n) is 2.99. The molecular weight excluding hydrogens is 333 g/mol. The topological polar surface area (TPSA) is 47.6 Å². The molecule has 1 fully saturated rings. The third kappa shape index (κ3) is 3.96. The summed E-state index contributed by atoms with van der Waals surface area (Å²) in [7, 11) is -0.428. The predicted molar refractivity (Wildman–Crippen MR) is 106 cm³/mol. The number of nitrogens with one attached hydrogen (secondary N) is 1. The fourth-order valence-corrected chi connectivity index (χ4v) is 3.58. The number of anilines is 1. The van der Waals surface area contributed by atoms with Gasteiger partial charge in [0.15, 0.2) is 5.12 Å². The Labute approximate surface area is 154 Å². The fraction of sp³-hybridized carbons (Fsp3) is 0.526. The summed E-state index contributed by atoms with van der Waals surface area (Å²) in [4.78, 5) is 11.5. The molecule has 134 valence electrons. The highest BCUT2D eigenvalue weighted by Gasteiger charge is 2.52. The second kappa shape index (κ2) is 6.82. The van der Waals surface area contributed by atoms with Gasteiger partial charge >= 0.3 is 7.12 Å². The third-order valence-electron chi connectivity index (χ3n) is 5.19. The van der Waals surface area contributed by atoms with Crippen molar-refractivity contribution in [1.29, 1.82) is 0 Å². The molecule has 3 rings (SSSR count). The van der Waals surface area contributed by atoms with E-state index in [4.69, 9.17) is 9.31 Å². The summed E-state index contributed by atoms with van der Waals surface area (Å²) in [5.74, 6) is 0.571. The van der Waals surface area contributed by atoms with Crippen molar-refractivity contribution >= 4 is 35.8 Å². The highest BCUT2D eigenvalue weighted by Crippen LogP contribution is 2.39. The van der Waals surface area contributed by atoms with Crippen molar-refractivity contribution in [2.24, 2.45) is 0 Å². The van der Waals surface area contributed by atoms with Crippen LogP contribution in [0, 0.1) is 0 Å². The van der Waals surface area contributed by atoms with Crippen LogP contribution in [0.4, 0.5) is 5.69 Å². The van der Waals surface area contributed by atoms with E-state index in [1.165, 1.54) is 23.0 Å². The summed E-state index contributed by atoms with van der Waals surface area (Å²) >= 11 is 1.29. The Bertz CT molecular complexity index is 699. The molecule has 0 aliphatic carbocycles. The van der Waals surface area contributed by atoms with E-state index in [9.17, 15) is 4.79 Å². The van der Waals surface area contributed by atoms with Crippen molar-refractivity contribution in [2.45, 2.75) is 52.2 Å². The number of thioether (sulfide) groups is 1. The van der Waals surface area contributed by atoms with Crippen LogP contribution in [0.25, 0.3) is 6.08 Å². The highest BCUT2D eigenvalue weighted by atomic mass is 32.2. The van der Waals surface area contributed by atoms with Crippen LogP contribution in [0.15, 0.2) is 23.7 Å². The maximum absolute atomic E-state index is 11.5. The van der Waals surface area contributed by atoms with Gasteiger partial charge in [-0.1, -0.05) is 23.9 Å². The minimum Gasteiger partial charge on any atom is -0.400 e. The van der Waals surface area contributed by atoms with Crippen LogP contribution in [0.2, 0.25) is 0 Å². The van der Waals surface area contributed by atoms with Crippen LogP contribution in [-0.2, 0) is 20.5 Å². The van der Waals surface area contributed by atoms with Gasteiger partial charge in [0.1, 0.15) is 0 Å². The first kappa shape index (κ1) is 18.6. The number of benzene rings is 1. The molecule has 4 nitrogen and oxygen atoms in total. The quantitative estimate of drug-likeness (QED) is 0.825. The Morgan fingerprint density at radius 3 is 2.60 bits per heavy atom. The molecule has 0 saturated carbocycles. The molecule has 1 saturated heterocycles. The van der Waals surface area contributed by atoms with E-state index in [0.29, 0.717) is 5.75 Å². The van der Waals surface area contributed by atoms with Gasteiger partial charge in [-0.3, -0.25) is 4.79 Å². The van der Waals surface area contributed by atoms with Gasteiger partial charge in [0.05, 0.1) is 11.2 Å². The van der Waals surface area contributed by atoms with E-state index in [1.807, 2.05) is 27.7 Å². The first-order valence-corrected chi connectivity index (χ1v) is 9.73. The number of fused-ring (bicyclic) bond motifs is 1. The van der Waals surface area contributed by atoms with Crippen LogP contribution in [0.1, 0.15) is 45.7 Å². The van der Waals surface area contributed by atoms with Crippen molar-refractivity contribution in [3.63, 3.8) is 0 Å². The lowest BCUT2D eigenvalue weighted by atomic mass is 9.78. The molecule has 0 amide bonds. The van der Waals surface area contributed by atoms with E-state index in [1.54, 1.807) is 6.92 Å². The molecule has 0 radical (unpaired) electrons. The molecule has 1 aromatic carbocycles. The molecule has 0 bridgehead atoms. The van der Waals surface area contributed by atoms with Gasteiger partial charge in [-0.15, -0.1) is 0 Å². The molecule has 0 aromatic heterocycles. The van der Waals surface area contributed by atoms with Crippen molar-refractivity contribution in [3.05, 3.63) is 34.8 Å². The SMILES string of the molecule is CC(=O)SCC(=Cc1ccc2c(c1)CCN2)B1OC(C)(C)C(C)(C)O1. The van der Waals surface area contributed by atoms with Crippen molar-refractivity contribution in [2.75, 3.05) is 17.6 Å². The Kier molecular flexibility index (Phi) is 5.06. The van der Waals surface area contributed by atoms with Crippen LogP contribution in [-0.4, -0.2) is 35.7 Å². The summed E-state index contributed by atoms with van der Waals surface area (Å²) in [5, 5.41) is 3.48. The van der Waals surface area contributed by atoms with Gasteiger partial charge in [-0.25, -0.2) is 0 Å². The summed E-state index contributed by atoms with van der Waals surface area (Å²) in [6, 6.07) is 6.42. The molecule has 0 unspecified atom stereocenters. The van der Waals surface area contributed by atoms with Crippen LogP contribution >= 0.6 is 11.8 Å². The first-order valence-electron chi connectivity index (χ1n) is 8.74. The molecule has 6 heteroatoms. The Morgan fingerprint density at radius 2 is 1.96 bits per heavy atom. The Balaban J connectivity index is 1.88. The monoisotopic (exact) mass is 359 g/mol. The molecule has 25 heavy (non-hydrogen) atoms. The average molecular weight is 359 g/mol. The summed E-state index contributed by atoms with van der Waals surface area (Å²) in [6.45, 7) is 10.8. The van der Waals surface area contributed by atoms with E-state index in [-0.39, 0.29) is 16.3 Å². The maximum atomic E-state index is 11.5. The van der Waals surface area contributed by atoms with Gasteiger partial charge in [-0.05, 0) is 62.8 Å². The second-order valence-corrected chi connectivity index (χ2v) is 8.83. The van der Waals surface area contributed by atoms with Gasteiger partial charge in [0, 0.05) is 24.9 Å². The van der Waals surface area contributed by atoms with Crippen molar-refractivity contribution in [3.8, 4) is 0 Å². The third-order valence-corrected chi connectivity index (χ3v) is 6.07. The molecule has 0 spiro atoms. The standard InChI is InChI=1S/C19H26BNO3S/c1-13(22)25-12-16(20-23-18(2,3)19(4,5)24-20)11-14-6-7-17-15(10-14)8-9-21-17/h6-7,10-11,21H,8-9,12H2,1-5H3. The lowest BCUT2D eigenvalue weighted by molar-refractivity contribution is -0.109. The van der Waals surface area contributed by atoms with Crippen LogP contribution in [0.3, 0.4) is 0 Å². The van der Waals surface area contributed by atoms with E-state index < -0.39 is 7.12 Å². The normalized spacial score (nSPS) is 21.2. The Morgan fingerprint density at radius 1 is 1.28 bits per heavy atom. The van der Waals surface area contributed by atoms with Crippen LogP contribution < -0.4 is 5.32 Å².